The van der Waals surface area contributed by atoms with Crippen molar-refractivity contribution in [3.8, 4) is 6.07 Å². The molecule has 3 aromatic rings. The summed E-state index contributed by atoms with van der Waals surface area (Å²) in [5.74, 6) is 0.770. The van der Waals surface area contributed by atoms with Crippen molar-refractivity contribution in [3.05, 3.63) is 34.9 Å². The normalized spacial score (nSPS) is 12.4. The summed E-state index contributed by atoms with van der Waals surface area (Å²) >= 11 is 1.75. The van der Waals surface area contributed by atoms with Gasteiger partial charge in [-0.2, -0.15) is 10.4 Å². The fraction of sp³-hybridized carbons (Fsp3) is 0.375. The molecule has 1 atom stereocenters. The van der Waals surface area contributed by atoms with Gasteiger partial charge in [0.05, 0.1) is 36.7 Å². The molecule has 0 aliphatic rings. The number of thiophene rings is 1. The van der Waals surface area contributed by atoms with Gasteiger partial charge in [0.2, 0.25) is 0 Å². The molecule has 124 valence electrons. The number of nitrogens with one attached hydrogen (secondary N) is 1. The highest BCUT2D eigenvalue weighted by molar-refractivity contribution is 7.10. The highest BCUT2D eigenvalue weighted by atomic mass is 32.1. The molecular formula is C16H19N7S. The van der Waals surface area contributed by atoms with E-state index in [0.29, 0.717) is 13.0 Å². The van der Waals surface area contributed by atoms with Crippen molar-refractivity contribution in [2.24, 2.45) is 0 Å². The Morgan fingerprint density at radius 1 is 1.42 bits per heavy atom. The molecule has 3 heterocycles. The van der Waals surface area contributed by atoms with Gasteiger partial charge in [-0.25, -0.2) is 14.6 Å². The average molecular weight is 341 g/mol. The molecule has 0 radical (unpaired) electrons. The van der Waals surface area contributed by atoms with Crippen LogP contribution in [0.4, 0.5) is 5.82 Å². The van der Waals surface area contributed by atoms with Crippen LogP contribution in [0, 0.1) is 11.3 Å². The first-order valence-corrected chi connectivity index (χ1v) is 8.56. The Hall–Kier alpha value is -2.50. The molecule has 1 N–H and O–H groups in total. The summed E-state index contributed by atoms with van der Waals surface area (Å²) in [7, 11) is 4.14. The van der Waals surface area contributed by atoms with Gasteiger partial charge in [0.1, 0.15) is 12.1 Å². The van der Waals surface area contributed by atoms with Gasteiger partial charge in [-0.1, -0.05) is 6.07 Å². The molecule has 0 unspecified atom stereocenters. The molecule has 0 fully saturated rings. The van der Waals surface area contributed by atoms with E-state index in [1.54, 1.807) is 22.2 Å². The number of rotatable bonds is 7. The molecule has 24 heavy (non-hydrogen) atoms. The van der Waals surface area contributed by atoms with Crippen molar-refractivity contribution < 1.29 is 0 Å². The Balaban J connectivity index is 1.80. The number of fused-ring (bicyclic) bond motifs is 1. The number of aromatic nitrogens is 4. The Kier molecular flexibility index (Phi) is 5.03. The molecule has 7 nitrogen and oxygen atoms in total. The number of anilines is 1. The summed E-state index contributed by atoms with van der Waals surface area (Å²) in [5.41, 5.74) is 0.750. The van der Waals surface area contributed by atoms with Gasteiger partial charge in [0.15, 0.2) is 5.65 Å². The number of nitrogens with zero attached hydrogens (tertiary/aromatic N) is 6. The largest absolute Gasteiger partial charge is 0.367 e. The van der Waals surface area contributed by atoms with E-state index in [1.165, 1.54) is 11.2 Å². The molecule has 0 aliphatic carbocycles. The van der Waals surface area contributed by atoms with Crippen molar-refractivity contribution in [2.45, 2.75) is 19.0 Å². The molecule has 0 amide bonds. The van der Waals surface area contributed by atoms with Gasteiger partial charge >= 0.3 is 0 Å². The van der Waals surface area contributed by atoms with Crippen LogP contribution in [-0.4, -0.2) is 45.3 Å². The number of nitriles is 1. The second-order valence-corrected chi connectivity index (χ2v) is 6.59. The van der Waals surface area contributed by atoms with Gasteiger partial charge < -0.3 is 10.2 Å². The first-order valence-electron chi connectivity index (χ1n) is 7.68. The van der Waals surface area contributed by atoms with Crippen LogP contribution in [0.15, 0.2) is 30.0 Å². The number of hydrogen-bond acceptors (Lipinski definition) is 7. The van der Waals surface area contributed by atoms with Crippen LogP contribution in [0.3, 0.4) is 0 Å². The first kappa shape index (κ1) is 16.4. The van der Waals surface area contributed by atoms with E-state index in [4.69, 9.17) is 5.26 Å². The fourth-order valence-electron chi connectivity index (χ4n) is 2.57. The highest BCUT2D eigenvalue weighted by Crippen LogP contribution is 2.25. The fourth-order valence-corrected chi connectivity index (χ4v) is 3.49. The molecule has 0 aliphatic heterocycles. The maximum absolute atomic E-state index is 8.74. The standard InChI is InChI=1S/C16H19N7S/c1-22(2)13(14-5-3-8-24-14)10-18-15-12-9-21-23(7-4-6-17)16(12)20-11-19-15/h3,5,8-9,11,13H,4,7,10H2,1-2H3,(H,18,19,20)/t13-/m1/s1. The van der Waals surface area contributed by atoms with E-state index in [1.807, 2.05) is 0 Å². The molecule has 8 heteroatoms. The van der Waals surface area contributed by atoms with E-state index in [0.717, 1.165) is 23.4 Å². The summed E-state index contributed by atoms with van der Waals surface area (Å²) in [6.45, 7) is 1.27. The third kappa shape index (κ3) is 3.37. The number of hydrogen-bond donors (Lipinski definition) is 1. The lowest BCUT2D eigenvalue weighted by atomic mass is 10.2. The van der Waals surface area contributed by atoms with E-state index < -0.39 is 0 Å². The summed E-state index contributed by atoms with van der Waals surface area (Å²) < 4.78 is 1.74. The monoisotopic (exact) mass is 341 g/mol. The van der Waals surface area contributed by atoms with Crippen molar-refractivity contribution in [2.75, 3.05) is 26.0 Å². The molecule has 3 rings (SSSR count). The van der Waals surface area contributed by atoms with Gasteiger partial charge in [-0.05, 0) is 25.5 Å². The molecule has 0 saturated carbocycles. The minimum Gasteiger partial charge on any atom is -0.367 e. The topological polar surface area (TPSA) is 82.7 Å². The van der Waals surface area contributed by atoms with Crippen LogP contribution >= 0.6 is 11.3 Å². The average Bonchev–Trinajstić information content (AvgIpc) is 3.23. The maximum Gasteiger partial charge on any atom is 0.163 e. The second kappa shape index (κ2) is 7.38. The number of likely N-dealkylation sites (N-methyl/N-ethyl adjacent to an activating group) is 1. The third-order valence-corrected chi connectivity index (χ3v) is 4.80. The minimum absolute atomic E-state index is 0.267. The molecule has 0 aromatic carbocycles. The maximum atomic E-state index is 8.74. The van der Waals surface area contributed by atoms with Gasteiger partial charge in [-0.3, -0.25) is 0 Å². The molecular weight excluding hydrogens is 322 g/mol. The Morgan fingerprint density at radius 2 is 2.29 bits per heavy atom. The molecule has 0 spiro atoms. The Labute approximate surface area is 144 Å². The van der Waals surface area contributed by atoms with E-state index in [-0.39, 0.29) is 6.04 Å². The molecule has 3 aromatic heterocycles. The highest BCUT2D eigenvalue weighted by Gasteiger charge is 2.16. The van der Waals surface area contributed by atoms with Crippen LogP contribution in [0.1, 0.15) is 17.3 Å². The van der Waals surface area contributed by atoms with Gasteiger partial charge in [0.25, 0.3) is 0 Å². The quantitative estimate of drug-likeness (QED) is 0.711. The van der Waals surface area contributed by atoms with Crippen LogP contribution in [0.2, 0.25) is 0 Å². The zero-order valence-corrected chi connectivity index (χ0v) is 14.5. The number of aryl methyl sites for hydroxylation is 1. The smallest absolute Gasteiger partial charge is 0.163 e. The molecule has 0 saturated heterocycles. The Morgan fingerprint density at radius 3 is 3.00 bits per heavy atom. The van der Waals surface area contributed by atoms with Gasteiger partial charge in [-0.15, -0.1) is 11.3 Å². The van der Waals surface area contributed by atoms with Crippen LogP contribution in [0.5, 0.6) is 0 Å². The summed E-state index contributed by atoms with van der Waals surface area (Å²) in [6, 6.07) is 6.61. The van der Waals surface area contributed by atoms with Crippen molar-refractivity contribution in [1.29, 1.82) is 5.26 Å². The summed E-state index contributed by atoms with van der Waals surface area (Å²) in [6.07, 6.45) is 3.69. The summed E-state index contributed by atoms with van der Waals surface area (Å²) in [4.78, 5) is 12.2. The van der Waals surface area contributed by atoms with Crippen LogP contribution in [0.25, 0.3) is 11.0 Å². The predicted octanol–water partition coefficient (Wildman–Crippen LogP) is 2.52. The second-order valence-electron chi connectivity index (χ2n) is 5.61. The Bertz CT molecular complexity index is 832. The van der Waals surface area contributed by atoms with Crippen molar-refractivity contribution in [3.63, 3.8) is 0 Å². The minimum atomic E-state index is 0.267. The molecule has 0 bridgehead atoms. The van der Waals surface area contributed by atoms with Crippen molar-refractivity contribution in [1.82, 2.24) is 24.6 Å². The van der Waals surface area contributed by atoms with Crippen LogP contribution < -0.4 is 5.32 Å². The third-order valence-electron chi connectivity index (χ3n) is 3.83. The van der Waals surface area contributed by atoms with E-state index in [2.05, 4.69) is 63.0 Å². The van der Waals surface area contributed by atoms with E-state index >= 15 is 0 Å². The van der Waals surface area contributed by atoms with E-state index in [9.17, 15) is 0 Å². The summed E-state index contributed by atoms with van der Waals surface area (Å²) in [5, 5.41) is 19.4. The first-order chi connectivity index (χ1) is 11.7. The van der Waals surface area contributed by atoms with Gasteiger partial charge in [0, 0.05) is 11.4 Å². The van der Waals surface area contributed by atoms with Crippen LogP contribution in [-0.2, 0) is 6.54 Å². The predicted molar refractivity (Wildman–Crippen MR) is 94.8 cm³/mol. The lowest BCUT2D eigenvalue weighted by molar-refractivity contribution is 0.316. The SMILES string of the molecule is CN(C)[C@H](CNc1ncnc2c1cnn2CCC#N)c1cccs1. The lowest BCUT2D eigenvalue weighted by Crippen LogP contribution is -2.26. The zero-order valence-electron chi connectivity index (χ0n) is 13.7. The lowest BCUT2D eigenvalue weighted by Gasteiger charge is -2.23. The van der Waals surface area contributed by atoms with Crippen molar-refractivity contribution >= 4 is 28.2 Å². The zero-order chi connectivity index (χ0) is 16.9.